The van der Waals surface area contributed by atoms with Crippen molar-refractivity contribution in [3.05, 3.63) is 0 Å². The van der Waals surface area contributed by atoms with Crippen molar-refractivity contribution >= 4 is 11.9 Å². The van der Waals surface area contributed by atoms with E-state index in [9.17, 15) is 9.59 Å². The largest absolute Gasteiger partial charge is 0.379 e. The van der Waals surface area contributed by atoms with Crippen LogP contribution in [-0.4, -0.2) is 92.2 Å². The highest BCUT2D eigenvalue weighted by Gasteiger charge is 2.30. The van der Waals surface area contributed by atoms with Crippen LogP contribution >= 0.6 is 0 Å². The van der Waals surface area contributed by atoms with Gasteiger partial charge in [-0.05, 0) is 18.9 Å². The molecule has 1 atom stereocenters. The first-order chi connectivity index (χ1) is 10.2. The Morgan fingerprint density at radius 2 is 1.90 bits per heavy atom. The number of urea groups is 1. The van der Waals surface area contributed by atoms with Crippen molar-refractivity contribution < 1.29 is 14.3 Å². The zero-order chi connectivity index (χ0) is 14.7. The molecule has 3 heterocycles. The van der Waals surface area contributed by atoms with Crippen LogP contribution in [0.1, 0.15) is 6.42 Å². The summed E-state index contributed by atoms with van der Waals surface area (Å²) in [5, 5.41) is 2.56. The van der Waals surface area contributed by atoms with E-state index in [1.807, 2.05) is 0 Å². The van der Waals surface area contributed by atoms with E-state index in [2.05, 4.69) is 15.1 Å². The van der Waals surface area contributed by atoms with Gasteiger partial charge in [0.15, 0.2) is 0 Å². The zero-order valence-electron chi connectivity index (χ0n) is 12.4. The van der Waals surface area contributed by atoms with Crippen molar-refractivity contribution in [2.45, 2.75) is 6.42 Å². The number of likely N-dealkylation sites (tertiary alicyclic amines) is 1. The summed E-state index contributed by atoms with van der Waals surface area (Å²) in [4.78, 5) is 29.2. The number of imide groups is 1. The van der Waals surface area contributed by atoms with Gasteiger partial charge in [0.1, 0.15) is 0 Å². The first kappa shape index (κ1) is 14.7. The first-order valence-electron chi connectivity index (χ1n) is 7.83. The summed E-state index contributed by atoms with van der Waals surface area (Å²) in [6.07, 6.45) is 1.21. The Hall–Kier alpha value is -1.18. The lowest BCUT2D eigenvalue weighted by molar-refractivity contribution is -0.125. The van der Waals surface area contributed by atoms with Crippen molar-refractivity contribution in [3.63, 3.8) is 0 Å². The van der Waals surface area contributed by atoms with Crippen LogP contribution in [0.2, 0.25) is 0 Å². The average Bonchev–Trinajstić information content (AvgIpc) is 3.06. The molecule has 0 saturated carbocycles. The lowest BCUT2D eigenvalue weighted by Gasteiger charge is -2.29. The molecule has 0 unspecified atom stereocenters. The van der Waals surface area contributed by atoms with Gasteiger partial charge in [-0.1, -0.05) is 0 Å². The van der Waals surface area contributed by atoms with E-state index in [0.717, 1.165) is 52.5 Å². The van der Waals surface area contributed by atoms with Gasteiger partial charge in [-0.3, -0.25) is 14.6 Å². The number of hydrogen-bond acceptors (Lipinski definition) is 5. The number of carbonyl (C=O) groups excluding carboxylic acids is 2. The molecule has 3 saturated heterocycles. The van der Waals surface area contributed by atoms with E-state index < -0.39 is 0 Å². The van der Waals surface area contributed by atoms with Crippen LogP contribution in [0, 0.1) is 5.92 Å². The maximum absolute atomic E-state index is 11.5. The summed E-state index contributed by atoms with van der Waals surface area (Å²) in [7, 11) is 0. The standard InChI is InChI=1S/C14H24N4O3/c19-13-9-15-14(20)18(13)4-3-16-2-1-12(10-16)11-17-5-7-21-8-6-17/h12H,1-11H2,(H,15,20)/t12-/m0/s1. The second-order valence-electron chi connectivity index (χ2n) is 6.07. The van der Waals surface area contributed by atoms with Gasteiger partial charge in [0.2, 0.25) is 5.91 Å². The van der Waals surface area contributed by atoms with E-state index in [0.29, 0.717) is 12.5 Å². The lowest BCUT2D eigenvalue weighted by Crippen LogP contribution is -2.40. The lowest BCUT2D eigenvalue weighted by atomic mass is 10.1. The second-order valence-corrected chi connectivity index (χ2v) is 6.07. The molecule has 0 spiro atoms. The minimum absolute atomic E-state index is 0.107. The van der Waals surface area contributed by atoms with Crippen LogP contribution in [0.3, 0.4) is 0 Å². The predicted octanol–water partition coefficient (Wildman–Crippen LogP) is -0.808. The highest BCUT2D eigenvalue weighted by Crippen LogP contribution is 2.18. The number of nitrogens with one attached hydrogen (secondary N) is 1. The van der Waals surface area contributed by atoms with Crippen LogP contribution in [0.4, 0.5) is 4.79 Å². The molecular formula is C14H24N4O3. The second kappa shape index (κ2) is 6.72. The molecule has 0 aromatic carbocycles. The molecule has 3 amide bonds. The minimum Gasteiger partial charge on any atom is -0.379 e. The fourth-order valence-corrected chi connectivity index (χ4v) is 3.34. The highest BCUT2D eigenvalue weighted by molar-refractivity contribution is 6.01. The van der Waals surface area contributed by atoms with Crippen LogP contribution in [0.15, 0.2) is 0 Å². The van der Waals surface area contributed by atoms with E-state index in [1.165, 1.54) is 11.3 Å². The summed E-state index contributed by atoms with van der Waals surface area (Å²) >= 11 is 0. The predicted molar refractivity (Wildman–Crippen MR) is 76.9 cm³/mol. The Labute approximate surface area is 125 Å². The van der Waals surface area contributed by atoms with Crippen LogP contribution in [-0.2, 0) is 9.53 Å². The fraction of sp³-hybridized carbons (Fsp3) is 0.857. The summed E-state index contributed by atoms with van der Waals surface area (Å²) < 4.78 is 5.37. The summed E-state index contributed by atoms with van der Waals surface area (Å²) in [5.74, 6) is 0.593. The third kappa shape index (κ3) is 3.72. The topological polar surface area (TPSA) is 65.1 Å². The van der Waals surface area contributed by atoms with Gasteiger partial charge < -0.3 is 15.0 Å². The maximum Gasteiger partial charge on any atom is 0.324 e. The summed E-state index contributed by atoms with van der Waals surface area (Å²) in [6, 6.07) is -0.246. The van der Waals surface area contributed by atoms with Gasteiger partial charge >= 0.3 is 6.03 Å². The number of amides is 3. The minimum atomic E-state index is -0.246. The molecule has 7 nitrogen and oxygen atoms in total. The first-order valence-corrected chi connectivity index (χ1v) is 7.83. The van der Waals surface area contributed by atoms with E-state index in [1.54, 1.807) is 0 Å². The van der Waals surface area contributed by atoms with Crippen molar-refractivity contribution in [2.24, 2.45) is 5.92 Å². The smallest absolute Gasteiger partial charge is 0.324 e. The van der Waals surface area contributed by atoms with Crippen molar-refractivity contribution in [2.75, 3.05) is 65.6 Å². The maximum atomic E-state index is 11.5. The highest BCUT2D eigenvalue weighted by atomic mass is 16.5. The third-order valence-electron chi connectivity index (χ3n) is 4.57. The third-order valence-corrected chi connectivity index (χ3v) is 4.57. The van der Waals surface area contributed by atoms with Crippen LogP contribution in [0.25, 0.3) is 0 Å². The van der Waals surface area contributed by atoms with Gasteiger partial charge in [-0.15, -0.1) is 0 Å². The molecule has 21 heavy (non-hydrogen) atoms. The molecule has 7 heteroatoms. The van der Waals surface area contributed by atoms with E-state index >= 15 is 0 Å². The summed E-state index contributed by atoms with van der Waals surface area (Å²) in [5.41, 5.74) is 0. The van der Waals surface area contributed by atoms with Crippen molar-refractivity contribution in [1.29, 1.82) is 0 Å². The normalized spacial score (nSPS) is 28.4. The quantitative estimate of drug-likeness (QED) is 0.673. The average molecular weight is 296 g/mol. The van der Waals surface area contributed by atoms with Crippen LogP contribution in [0.5, 0.6) is 0 Å². The molecule has 0 bridgehead atoms. The molecule has 3 aliphatic heterocycles. The molecule has 0 aromatic heterocycles. The van der Waals surface area contributed by atoms with Gasteiger partial charge in [0.25, 0.3) is 0 Å². The Balaban J connectivity index is 1.38. The number of hydrogen-bond donors (Lipinski definition) is 1. The fourth-order valence-electron chi connectivity index (χ4n) is 3.34. The molecule has 3 aliphatic rings. The zero-order valence-corrected chi connectivity index (χ0v) is 12.4. The summed E-state index contributed by atoms with van der Waals surface area (Å²) in [6.45, 7) is 8.51. The van der Waals surface area contributed by atoms with Gasteiger partial charge in [-0.2, -0.15) is 0 Å². The molecule has 0 aliphatic carbocycles. The number of carbonyl (C=O) groups is 2. The Kier molecular flexibility index (Phi) is 4.72. The van der Waals surface area contributed by atoms with E-state index in [4.69, 9.17) is 4.74 Å². The molecule has 0 radical (unpaired) electrons. The molecular weight excluding hydrogens is 272 g/mol. The van der Waals surface area contributed by atoms with Crippen molar-refractivity contribution in [1.82, 2.24) is 20.0 Å². The molecule has 3 fully saturated rings. The molecule has 0 aromatic rings. The van der Waals surface area contributed by atoms with Gasteiger partial charge in [-0.25, -0.2) is 4.79 Å². The monoisotopic (exact) mass is 296 g/mol. The Morgan fingerprint density at radius 1 is 1.10 bits per heavy atom. The van der Waals surface area contributed by atoms with Gasteiger partial charge in [0.05, 0.1) is 19.8 Å². The Bertz CT molecular complexity index is 382. The number of rotatable bonds is 5. The van der Waals surface area contributed by atoms with Gasteiger partial charge in [0, 0.05) is 39.3 Å². The van der Waals surface area contributed by atoms with Crippen LogP contribution < -0.4 is 5.32 Å². The van der Waals surface area contributed by atoms with Crippen molar-refractivity contribution in [3.8, 4) is 0 Å². The van der Waals surface area contributed by atoms with E-state index in [-0.39, 0.29) is 18.5 Å². The number of ether oxygens (including phenoxy) is 1. The molecule has 3 rings (SSSR count). The SMILES string of the molecule is O=C1CNC(=O)N1CCN1CC[C@H](CN2CCOCC2)C1. The number of morpholine rings is 1. The Morgan fingerprint density at radius 3 is 2.62 bits per heavy atom. The number of nitrogens with zero attached hydrogens (tertiary/aromatic N) is 3. The molecule has 118 valence electrons. The molecule has 1 N–H and O–H groups in total.